The van der Waals surface area contributed by atoms with Crippen LogP contribution in [0.1, 0.15) is 20.7 Å². The van der Waals surface area contributed by atoms with E-state index in [-0.39, 0.29) is 11.8 Å². The van der Waals surface area contributed by atoms with Crippen LogP contribution in [0.15, 0.2) is 48.5 Å². The molecule has 0 aliphatic rings. The van der Waals surface area contributed by atoms with Gasteiger partial charge in [-0.05, 0) is 24.3 Å². The third-order valence-corrected chi connectivity index (χ3v) is 3.00. The standard InChI is InChI=1S/C16H16N2O3/c1-17-15(19)11-7-3-5-9-13(11)18-16(20)12-8-4-6-10-14(12)21-2/h3-10H,1-2H3,(H,17,19)(H,18,20). The first-order chi connectivity index (χ1) is 10.2. The molecule has 0 atom stereocenters. The molecule has 0 aliphatic heterocycles. The monoisotopic (exact) mass is 284 g/mol. The van der Waals surface area contributed by atoms with E-state index in [0.29, 0.717) is 22.6 Å². The largest absolute Gasteiger partial charge is 0.496 e. The summed E-state index contributed by atoms with van der Waals surface area (Å²) in [5.41, 5.74) is 1.27. The van der Waals surface area contributed by atoms with Gasteiger partial charge in [0.2, 0.25) is 0 Å². The van der Waals surface area contributed by atoms with Crippen LogP contribution >= 0.6 is 0 Å². The molecule has 0 unspecified atom stereocenters. The van der Waals surface area contributed by atoms with Crippen molar-refractivity contribution in [2.45, 2.75) is 0 Å². The second-order valence-electron chi connectivity index (χ2n) is 4.28. The Hall–Kier alpha value is -2.82. The lowest BCUT2D eigenvalue weighted by atomic mass is 10.1. The molecule has 0 aromatic heterocycles. The number of hydrogen-bond acceptors (Lipinski definition) is 3. The van der Waals surface area contributed by atoms with Gasteiger partial charge in [0.05, 0.1) is 23.9 Å². The molecule has 2 amide bonds. The molecule has 0 saturated carbocycles. The normalized spacial score (nSPS) is 9.81. The molecule has 0 radical (unpaired) electrons. The Bertz CT molecular complexity index is 668. The average molecular weight is 284 g/mol. The van der Waals surface area contributed by atoms with Gasteiger partial charge in [0.25, 0.3) is 11.8 Å². The van der Waals surface area contributed by atoms with Gasteiger partial charge in [-0.15, -0.1) is 0 Å². The van der Waals surface area contributed by atoms with Crippen molar-refractivity contribution in [2.24, 2.45) is 0 Å². The van der Waals surface area contributed by atoms with Crippen molar-refractivity contribution in [2.75, 3.05) is 19.5 Å². The van der Waals surface area contributed by atoms with Gasteiger partial charge in [-0.2, -0.15) is 0 Å². The Morgan fingerprint density at radius 3 is 2.19 bits per heavy atom. The summed E-state index contributed by atoms with van der Waals surface area (Å²) in [6, 6.07) is 13.7. The lowest BCUT2D eigenvalue weighted by Crippen LogP contribution is -2.21. The van der Waals surface area contributed by atoms with E-state index in [9.17, 15) is 9.59 Å². The molecule has 2 aromatic rings. The SMILES string of the molecule is CNC(=O)c1ccccc1NC(=O)c1ccccc1OC. The van der Waals surface area contributed by atoms with Crippen LogP contribution in [0.3, 0.4) is 0 Å². The first kappa shape index (κ1) is 14.6. The fourth-order valence-electron chi connectivity index (χ4n) is 1.95. The number of amides is 2. The molecule has 5 heteroatoms. The van der Waals surface area contributed by atoms with Crippen molar-refractivity contribution in [1.29, 1.82) is 0 Å². The second-order valence-corrected chi connectivity index (χ2v) is 4.28. The molecule has 2 aromatic carbocycles. The molecule has 0 bridgehead atoms. The van der Waals surface area contributed by atoms with Gasteiger partial charge in [0.1, 0.15) is 5.75 Å². The minimum atomic E-state index is -0.330. The van der Waals surface area contributed by atoms with Crippen molar-refractivity contribution in [3.63, 3.8) is 0 Å². The number of ether oxygens (including phenoxy) is 1. The zero-order valence-electron chi connectivity index (χ0n) is 11.8. The number of anilines is 1. The fourth-order valence-corrected chi connectivity index (χ4v) is 1.95. The molecular weight excluding hydrogens is 268 g/mol. The molecule has 0 saturated heterocycles. The molecule has 2 N–H and O–H groups in total. The highest BCUT2D eigenvalue weighted by Gasteiger charge is 2.15. The summed E-state index contributed by atoms with van der Waals surface area (Å²) in [4.78, 5) is 24.1. The molecular formula is C16H16N2O3. The summed E-state index contributed by atoms with van der Waals surface area (Å²) in [5.74, 6) is -0.109. The van der Waals surface area contributed by atoms with Crippen LogP contribution in [-0.4, -0.2) is 26.0 Å². The van der Waals surface area contributed by atoms with Crippen molar-refractivity contribution < 1.29 is 14.3 Å². The highest BCUT2D eigenvalue weighted by Crippen LogP contribution is 2.21. The van der Waals surface area contributed by atoms with Crippen LogP contribution in [0, 0.1) is 0 Å². The number of rotatable bonds is 4. The number of benzene rings is 2. The minimum absolute atomic E-state index is 0.258. The van der Waals surface area contributed by atoms with Crippen molar-refractivity contribution >= 4 is 17.5 Å². The molecule has 5 nitrogen and oxygen atoms in total. The highest BCUT2D eigenvalue weighted by molar-refractivity contribution is 6.10. The van der Waals surface area contributed by atoms with Crippen molar-refractivity contribution in [3.05, 3.63) is 59.7 Å². The summed E-state index contributed by atoms with van der Waals surface area (Å²) < 4.78 is 5.16. The van der Waals surface area contributed by atoms with E-state index in [1.807, 2.05) is 0 Å². The van der Waals surface area contributed by atoms with E-state index in [2.05, 4.69) is 10.6 Å². The maximum atomic E-state index is 12.3. The van der Waals surface area contributed by atoms with E-state index in [4.69, 9.17) is 4.74 Å². The number of nitrogens with one attached hydrogen (secondary N) is 2. The van der Waals surface area contributed by atoms with Gasteiger partial charge in [0, 0.05) is 7.05 Å². The summed E-state index contributed by atoms with van der Waals surface area (Å²) >= 11 is 0. The number of para-hydroxylation sites is 2. The Balaban J connectivity index is 2.30. The van der Waals surface area contributed by atoms with E-state index >= 15 is 0 Å². The van der Waals surface area contributed by atoms with Gasteiger partial charge < -0.3 is 15.4 Å². The minimum Gasteiger partial charge on any atom is -0.496 e. The Labute approximate surface area is 122 Å². The van der Waals surface area contributed by atoms with Crippen LogP contribution in [0.25, 0.3) is 0 Å². The molecule has 21 heavy (non-hydrogen) atoms. The lowest BCUT2D eigenvalue weighted by Gasteiger charge is -2.11. The molecule has 0 spiro atoms. The third-order valence-electron chi connectivity index (χ3n) is 3.00. The third kappa shape index (κ3) is 3.20. The summed E-state index contributed by atoms with van der Waals surface area (Å²) in [6.07, 6.45) is 0. The molecule has 2 rings (SSSR count). The van der Waals surface area contributed by atoms with Crippen molar-refractivity contribution in [1.82, 2.24) is 5.32 Å². The Morgan fingerprint density at radius 2 is 1.52 bits per heavy atom. The number of carbonyl (C=O) groups is 2. The zero-order chi connectivity index (χ0) is 15.2. The maximum Gasteiger partial charge on any atom is 0.259 e. The Morgan fingerprint density at radius 1 is 0.905 bits per heavy atom. The fraction of sp³-hybridized carbons (Fsp3) is 0.125. The molecule has 0 heterocycles. The second kappa shape index (κ2) is 6.56. The summed E-state index contributed by atoms with van der Waals surface area (Å²) in [5, 5.41) is 5.28. The Kier molecular flexibility index (Phi) is 4.56. The molecule has 0 aliphatic carbocycles. The van der Waals surface area contributed by atoms with E-state index < -0.39 is 0 Å². The lowest BCUT2D eigenvalue weighted by molar-refractivity contribution is 0.0964. The van der Waals surface area contributed by atoms with Crippen LogP contribution in [-0.2, 0) is 0 Å². The van der Waals surface area contributed by atoms with Crippen LogP contribution in [0.2, 0.25) is 0 Å². The van der Waals surface area contributed by atoms with E-state index in [1.165, 1.54) is 7.11 Å². The summed E-state index contributed by atoms with van der Waals surface area (Å²) in [7, 11) is 3.05. The number of hydrogen-bond donors (Lipinski definition) is 2. The van der Waals surface area contributed by atoms with Gasteiger partial charge >= 0.3 is 0 Å². The van der Waals surface area contributed by atoms with E-state index in [1.54, 1.807) is 55.6 Å². The maximum absolute atomic E-state index is 12.3. The predicted molar refractivity (Wildman–Crippen MR) is 80.8 cm³/mol. The van der Waals surface area contributed by atoms with Crippen LogP contribution in [0.5, 0.6) is 5.75 Å². The van der Waals surface area contributed by atoms with Crippen molar-refractivity contribution in [3.8, 4) is 5.75 Å². The van der Waals surface area contributed by atoms with Crippen LogP contribution < -0.4 is 15.4 Å². The number of methoxy groups -OCH3 is 1. The molecule has 0 fully saturated rings. The molecule has 108 valence electrons. The van der Waals surface area contributed by atoms with Gasteiger partial charge in [-0.25, -0.2) is 0 Å². The number of carbonyl (C=O) groups excluding carboxylic acids is 2. The highest BCUT2D eigenvalue weighted by atomic mass is 16.5. The average Bonchev–Trinajstić information content (AvgIpc) is 2.54. The predicted octanol–water partition coefficient (Wildman–Crippen LogP) is 2.31. The first-order valence-electron chi connectivity index (χ1n) is 6.43. The summed E-state index contributed by atoms with van der Waals surface area (Å²) in [6.45, 7) is 0. The van der Waals surface area contributed by atoms with Gasteiger partial charge in [-0.1, -0.05) is 24.3 Å². The smallest absolute Gasteiger partial charge is 0.259 e. The first-order valence-corrected chi connectivity index (χ1v) is 6.43. The quantitative estimate of drug-likeness (QED) is 0.905. The van der Waals surface area contributed by atoms with Gasteiger partial charge in [0.15, 0.2) is 0 Å². The van der Waals surface area contributed by atoms with Gasteiger partial charge in [-0.3, -0.25) is 9.59 Å². The topological polar surface area (TPSA) is 67.4 Å². The zero-order valence-corrected chi connectivity index (χ0v) is 11.8. The van der Waals surface area contributed by atoms with Crippen LogP contribution in [0.4, 0.5) is 5.69 Å². The van der Waals surface area contributed by atoms with E-state index in [0.717, 1.165) is 0 Å².